The maximum absolute atomic E-state index is 12.3. The van der Waals surface area contributed by atoms with E-state index in [9.17, 15) is 9.59 Å². The molecule has 0 bridgehead atoms. The summed E-state index contributed by atoms with van der Waals surface area (Å²) in [4.78, 5) is 28.3. The van der Waals surface area contributed by atoms with E-state index >= 15 is 0 Å². The van der Waals surface area contributed by atoms with Gasteiger partial charge in [0.05, 0.1) is 12.1 Å². The van der Waals surface area contributed by atoms with Gasteiger partial charge in [-0.25, -0.2) is 0 Å². The number of nitrogens with one attached hydrogen (secondary N) is 2. The Morgan fingerprint density at radius 3 is 2.54 bits per heavy atom. The van der Waals surface area contributed by atoms with E-state index < -0.39 is 0 Å². The predicted octanol–water partition coefficient (Wildman–Crippen LogP) is 3.13. The van der Waals surface area contributed by atoms with Crippen molar-refractivity contribution in [2.45, 2.75) is 19.9 Å². The molecule has 1 aromatic carbocycles. The molecule has 2 rings (SSSR count). The molecule has 0 aliphatic carbocycles. The number of pyridine rings is 1. The minimum atomic E-state index is -0.364. The van der Waals surface area contributed by atoms with Crippen LogP contribution >= 0.6 is 11.6 Å². The van der Waals surface area contributed by atoms with E-state index in [0.29, 0.717) is 22.0 Å². The number of halogens is 1. The van der Waals surface area contributed by atoms with Gasteiger partial charge in [0.15, 0.2) is 0 Å². The van der Waals surface area contributed by atoms with Crippen LogP contribution in [0.25, 0.3) is 0 Å². The van der Waals surface area contributed by atoms with E-state index in [1.54, 1.807) is 18.2 Å². The first kappa shape index (κ1) is 17.7. The van der Waals surface area contributed by atoms with E-state index in [0.717, 1.165) is 0 Å². The van der Waals surface area contributed by atoms with Gasteiger partial charge < -0.3 is 15.4 Å². The second kappa shape index (κ2) is 7.79. The number of ether oxygens (including phenoxy) is 1. The van der Waals surface area contributed by atoms with Crippen molar-refractivity contribution in [2.75, 3.05) is 12.4 Å². The van der Waals surface area contributed by atoms with Gasteiger partial charge in [-0.05, 0) is 44.2 Å². The van der Waals surface area contributed by atoms with Gasteiger partial charge in [0, 0.05) is 23.5 Å². The molecule has 0 fully saturated rings. The molecule has 0 atom stereocenters. The molecule has 0 radical (unpaired) electrons. The SMILES string of the molecule is COc1ccc(NC(=O)c2ccnc(C(=O)NC(C)C)c2)cc1Cl. The Balaban J connectivity index is 2.15. The lowest BCUT2D eigenvalue weighted by Gasteiger charge is -2.10. The van der Waals surface area contributed by atoms with Gasteiger partial charge >= 0.3 is 0 Å². The zero-order valence-corrected chi connectivity index (χ0v) is 14.3. The summed E-state index contributed by atoms with van der Waals surface area (Å²) < 4.78 is 5.07. The van der Waals surface area contributed by atoms with Crippen LogP contribution in [0, 0.1) is 0 Å². The zero-order valence-electron chi connectivity index (χ0n) is 13.6. The lowest BCUT2D eigenvalue weighted by molar-refractivity contribution is 0.0938. The molecule has 24 heavy (non-hydrogen) atoms. The summed E-state index contributed by atoms with van der Waals surface area (Å²) in [5, 5.41) is 5.84. The second-order valence-corrected chi connectivity index (χ2v) is 5.77. The standard InChI is InChI=1S/C17H18ClN3O3/c1-10(2)20-17(23)14-8-11(6-7-19-14)16(22)21-12-4-5-15(24-3)13(18)9-12/h4-10H,1-3H3,(H,20,23)(H,21,22). The molecule has 6 nitrogen and oxygen atoms in total. The maximum Gasteiger partial charge on any atom is 0.270 e. The predicted molar refractivity (Wildman–Crippen MR) is 92.8 cm³/mol. The van der Waals surface area contributed by atoms with Gasteiger partial charge in [-0.1, -0.05) is 11.6 Å². The van der Waals surface area contributed by atoms with E-state index in [1.807, 2.05) is 13.8 Å². The second-order valence-electron chi connectivity index (χ2n) is 5.36. The summed E-state index contributed by atoms with van der Waals surface area (Å²) in [6, 6.07) is 7.89. The third-order valence-electron chi connectivity index (χ3n) is 3.08. The number of methoxy groups -OCH3 is 1. The normalized spacial score (nSPS) is 10.4. The summed E-state index contributed by atoms with van der Waals surface area (Å²) in [7, 11) is 1.51. The molecule has 0 aliphatic rings. The smallest absolute Gasteiger partial charge is 0.270 e. The van der Waals surface area contributed by atoms with Crippen LogP contribution < -0.4 is 15.4 Å². The van der Waals surface area contributed by atoms with E-state index in [1.165, 1.54) is 25.4 Å². The minimum absolute atomic E-state index is 0.0155. The summed E-state index contributed by atoms with van der Waals surface area (Å²) in [5.74, 6) is -0.171. The summed E-state index contributed by atoms with van der Waals surface area (Å²) in [5.41, 5.74) is 1.03. The summed E-state index contributed by atoms with van der Waals surface area (Å²) in [6.07, 6.45) is 1.42. The lowest BCUT2D eigenvalue weighted by atomic mass is 10.2. The Bertz CT molecular complexity index is 762. The quantitative estimate of drug-likeness (QED) is 0.870. The van der Waals surface area contributed by atoms with E-state index in [-0.39, 0.29) is 23.6 Å². The molecule has 0 spiro atoms. The molecule has 7 heteroatoms. The van der Waals surface area contributed by atoms with Crippen LogP contribution in [0.5, 0.6) is 5.75 Å². The maximum atomic E-state index is 12.3. The fourth-order valence-corrected chi connectivity index (χ4v) is 2.24. The molecule has 1 heterocycles. The third-order valence-corrected chi connectivity index (χ3v) is 3.38. The summed E-state index contributed by atoms with van der Waals surface area (Å²) >= 11 is 6.03. The van der Waals surface area contributed by atoms with Crippen LogP contribution in [-0.4, -0.2) is 29.9 Å². The average Bonchev–Trinajstić information content (AvgIpc) is 2.54. The van der Waals surface area contributed by atoms with Crippen molar-refractivity contribution in [2.24, 2.45) is 0 Å². The van der Waals surface area contributed by atoms with Gasteiger partial charge in [-0.3, -0.25) is 14.6 Å². The van der Waals surface area contributed by atoms with Crippen molar-refractivity contribution in [3.8, 4) is 5.75 Å². The number of hydrogen-bond acceptors (Lipinski definition) is 4. The zero-order chi connectivity index (χ0) is 17.7. The number of nitrogens with zero attached hydrogens (tertiary/aromatic N) is 1. The van der Waals surface area contributed by atoms with Crippen LogP contribution in [0.3, 0.4) is 0 Å². The molecule has 0 saturated carbocycles. The Labute approximate surface area is 145 Å². The van der Waals surface area contributed by atoms with Crippen molar-refractivity contribution in [1.29, 1.82) is 0 Å². The minimum Gasteiger partial charge on any atom is -0.495 e. The molecular weight excluding hydrogens is 330 g/mol. The Morgan fingerprint density at radius 2 is 1.92 bits per heavy atom. The number of hydrogen-bond donors (Lipinski definition) is 2. The van der Waals surface area contributed by atoms with Gasteiger partial charge in [0.1, 0.15) is 11.4 Å². The Hall–Kier alpha value is -2.60. The highest BCUT2D eigenvalue weighted by molar-refractivity contribution is 6.32. The molecule has 2 N–H and O–H groups in total. The molecule has 2 aromatic rings. The number of rotatable bonds is 5. The van der Waals surface area contributed by atoms with Gasteiger partial charge in [0.2, 0.25) is 0 Å². The highest BCUT2D eigenvalue weighted by atomic mass is 35.5. The van der Waals surface area contributed by atoms with Crippen LogP contribution in [0.15, 0.2) is 36.5 Å². The number of carbonyl (C=O) groups is 2. The van der Waals surface area contributed by atoms with Crippen molar-refractivity contribution in [1.82, 2.24) is 10.3 Å². The van der Waals surface area contributed by atoms with Crippen molar-refractivity contribution in [3.05, 3.63) is 52.8 Å². The Kier molecular flexibility index (Phi) is 5.76. The highest BCUT2D eigenvalue weighted by Gasteiger charge is 2.13. The van der Waals surface area contributed by atoms with E-state index in [2.05, 4.69) is 15.6 Å². The van der Waals surface area contributed by atoms with Crippen LogP contribution in [-0.2, 0) is 0 Å². The molecule has 2 amide bonds. The van der Waals surface area contributed by atoms with E-state index in [4.69, 9.17) is 16.3 Å². The number of carbonyl (C=O) groups excluding carboxylic acids is 2. The first-order chi connectivity index (χ1) is 11.4. The number of amides is 2. The van der Waals surface area contributed by atoms with Gasteiger partial charge in [-0.2, -0.15) is 0 Å². The van der Waals surface area contributed by atoms with Gasteiger partial charge in [0.25, 0.3) is 11.8 Å². The fourth-order valence-electron chi connectivity index (χ4n) is 1.98. The van der Waals surface area contributed by atoms with Gasteiger partial charge in [-0.15, -0.1) is 0 Å². The average molecular weight is 348 g/mol. The van der Waals surface area contributed by atoms with Crippen molar-refractivity contribution < 1.29 is 14.3 Å². The molecular formula is C17H18ClN3O3. The first-order valence-electron chi connectivity index (χ1n) is 7.32. The van der Waals surface area contributed by atoms with Crippen LogP contribution in [0.1, 0.15) is 34.7 Å². The molecule has 0 aliphatic heterocycles. The first-order valence-corrected chi connectivity index (χ1v) is 7.70. The topological polar surface area (TPSA) is 80.3 Å². The van der Waals surface area contributed by atoms with Crippen LogP contribution in [0.4, 0.5) is 5.69 Å². The monoisotopic (exact) mass is 347 g/mol. The Morgan fingerprint density at radius 1 is 1.17 bits per heavy atom. The summed E-state index contributed by atoms with van der Waals surface area (Å²) in [6.45, 7) is 3.70. The number of benzene rings is 1. The molecule has 126 valence electrons. The lowest BCUT2D eigenvalue weighted by Crippen LogP contribution is -2.31. The third kappa shape index (κ3) is 4.45. The number of anilines is 1. The molecule has 1 aromatic heterocycles. The fraction of sp³-hybridized carbons (Fsp3) is 0.235. The highest BCUT2D eigenvalue weighted by Crippen LogP contribution is 2.27. The number of aromatic nitrogens is 1. The van der Waals surface area contributed by atoms with Crippen molar-refractivity contribution >= 4 is 29.1 Å². The molecule has 0 unspecified atom stereocenters. The van der Waals surface area contributed by atoms with Crippen LogP contribution in [0.2, 0.25) is 5.02 Å². The largest absolute Gasteiger partial charge is 0.495 e. The van der Waals surface area contributed by atoms with Crippen molar-refractivity contribution in [3.63, 3.8) is 0 Å². The molecule has 0 saturated heterocycles.